The first-order chi connectivity index (χ1) is 14.1. The zero-order valence-corrected chi connectivity index (χ0v) is 17.1. The van der Waals surface area contributed by atoms with E-state index in [2.05, 4.69) is 38.5 Å². The lowest BCUT2D eigenvalue weighted by molar-refractivity contribution is -0.121. The molecule has 1 amide bonds. The number of nitrogens with zero attached hydrogens (tertiary/aromatic N) is 5. The van der Waals surface area contributed by atoms with Gasteiger partial charge in [-0.2, -0.15) is 5.10 Å². The predicted octanol–water partition coefficient (Wildman–Crippen LogP) is 3.48. The maximum Gasteiger partial charge on any atom is 0.228 e. The summed E-state index contributed by atoms with van der Waals surface area (Å²) in [6.45, 7) is 5.34. The molecule has 7 heteroatoms. The molecule has 1 aromatic carbocycles. The summed E-state index contributed by atoms with van der Waals surface area (Å²) in [7, 11) is 1.90. The second-order valence-corrected chi connectivity index (χ2v) is 7.86. The first-order valence-corrected chi connectivity index (χ1v) is 10.4. The van der Waals surface area contributed by atoms with Gasteiger partial charge in [0, 0.05) is 30.1 Å². The normalized spacial score (nSPS) is 15.7. The molecule has 1 aliphatic heterocycles. The SMILES string of the molecule is CCCCN1CCC(C(=O)Nc2cc3cc(-c4cnn(C)c4)ccc3nn2)CC1. The molecule has 0 saturated carbocycles. The van der Waals surface area contributed by atoms with E-state index in [4.69, 9.17) is 0 Å². The molecule has 3 aromatic rings. The first kappa shape index (κ1) is 19.5. The number of piperidine rings is 1. The van der Waals surface area contributed by atoms with Crippen LogP contribution in [0.1, 0.15) is 32.6 Å². The van der Waals surface area contributed by atoms with Crippen molar-refractivity contribution in [1.82, 2.24) is 24.9 Å². The van der Waals surface area contributed by atoms with Crippen LogP contribution in [0, 0.1) is 5.92 Å². The van der Waals surface area contributed by atoms with Crippen LogP contribution in [-0.4, -0.2) is 50.4 Å². The molecule has 0 aliphatic carbocycles. The number of anilines is 1. The third kappa shape index (κ3) is 4.62. The molecular weight excluding hydrogens is 364 g/mol. The van der Waals surface area contributed by atoms with Crippen LogP contribution in [0.5, 0.6) is 0 Å². The Labute approximate surface area is 171 Å². The van der Waals surface area contributed by atoms with Gasteiger partial charge in [0.05, 0.1) is 11.7 Å². The Balaban J connectivity index is 1.43. The minimum Gasteiger partial charge on any atom is -0.309 e. The number of carbonyl (C=O) groups is 1. The van der Waals surface area contributed by atoms with E-state index in [1.54, 1.807) is 4.68 Å². The second-order valence-electron chi connectivity index (χ2n) is 7.86. The average molecular weight is 393 g/mol. The molecule has 0 unspecified atom stereocenters. The summed E-state index contributed by atoms with van der Waals surface area (Å²) in [5.74, 6) is 0.614. The fraction of sp³-hybridized carbons (Fsp3) is 0.455. The van der Waals surface area contributed by atoms with Gasteiger partial charge in [-0.3, -0.25) is 9.48 Å². The van der Waals surface area contributed by atoms with Crippen LogP contribution in [0.3, 0.4) is 0 Å². The van der Waals surface area contributed by atoms with Crippen LogP contribution in [0.25, 0.3) is 22.0 Å². The number of rotatable bonds is 6. The first-order valence-electron chi connectivity index (χ1n) is 10.4. The number of benzene rings is 1. The minimum atomic E-state index is 0.0482. The Morgan fingerprint density at radius 3 is 2.72 bits per heavy atom. The highest BCUT2D eigenvalue weighted by Gasteiger charge is 2.25. The lowest BCUT2D eigenvalue weighted by atomic mass is 9.95. The molecule has 29 heavy (non-hydrogen) atoms. The highest BCUT2D eigenvalue weighted by molar-refractivity contribution is 5.94. The molecule has 152 valence electrons. The monoisotopic (exact) mass is 392 g/mol. The average Bonchev–Trinajstić information content (AvgIpc) is 3.18. The van der Waals surface area contributed by atoms with Crippen LogP contribution in [-0.2, 0) is 11.8 Å². The second kappa shape index (κ2) is 8.69. The summed E-state index contributed by atoms with van der Waals surface area (Å²) < 4.78 is 1.78. The Morgan fingerprint density at radius 2 is 2.00 bits per heavy atom. The number of fused-ring (bicyclic) bond motifs is 1. The predicted molar refractivity (Wildman–Crippen MR) is 114 cm³/mol. The van der Waals surface area contributed by atoms with Gasteiger partial charge in [-0.25, -0.2) is 0 Å². The Kier molecular flexibility index (Phi) is 5.85. The van der Waals surface area contributed by atoms with Crippen molar-refractivity contribution in [2.45, 2.75) is 32.6 Å². The lowest BCUT2D eigenvalue weighted by Gasteiger charge is -2.31. The van der Waals surface area contributed by atoms with Crippen LogP contribution in [0.4, 0.5) is 5.82 Å². The van der Waals surface area contributed by atoms with E-state index < -0.39 is 0 Å². The molecule has 1 fully saturated rings. The van der Waals surface area contributed by atoms with E-state index in [1.807, 2.05) is 37.6 Å². The summed E-state index contributed by atoms with van der Waals surface area (Å²) in [4.78, 5) is 15.2. The van der Waals surface area contributed by atoms with Crippen LogP contribution >= 0.6 is 0 Å². The van der Waals surface area contributed by atoms with Gasteiger partial charge in [0.15, 0.2) is 5.82 Å². The molecule has 2 aromatic heterocycles. The van der Waals surface area contributed by atoms with Gasteiger partial charge in [-0.05, 0) is 62.7 Å². The van der Waals surface area contributed by atoms with Crippen LogP contribution < -0.4 is 5.32 Å². The highest BCUT2D eigenvalue weighted by atomic mass is 16.2. The number of likely N-dealkylation sites (tertiary alicyclic amines) is 1. The van der Waals surface area contributed by atoms with Crippen molar-refractivity contribution in [2.24, 2.45) is 13.0 Å². The molecule has 4 rings (SSSR count). The maximum absolute atomic E-state index is 12.7. The fourth-order valence-electron chi connectivity index (χ4n) is 3.88. The van der Waals surface area contributed by atoms with Crippen molar-refractivity contribution < 1.29 is 4.79 Å². The summed E-state index contributed by atoms with van der Waals surface area (Å²) in [6.07, 6.45) is 8.06. The summed E-state index contributed by atoms with van der Waals surface area (Å²) in [5, 5.41) is 16.6. The molecule has 1 aliphatic rings. The van der Waals surface area contributed by atoms with Gasteiger partial charge in [-0.15, -0.1) is 10.2 Å². The molecule has 7 nitrogen and oxygen atoms in total. The number of unbranched alkanes of at least 4 members (excludes halogenated alkanes) is 1. The Bertz CT molecular complexity index is 990. The number of hydrogen-bond acceptors (Lipinski definition) is 5. The van der Waals surface area contributed by atoms with Crippen LogP contribution in [0.2, 0.25) is 0 Å². The number of amides is 1. The van der Waals surface area contributed by atoms with Gasteiger partial charge in [0.1, 0.15) is 0 Å². The topological polar surface area (TPSA) is 75.9 Å². The maximum atomic E-state index is 12.7. The van der Waals surface area contributed by atoms with E-state index in [0.717, 1.165) is 54.5 Å². The Morgan fingerprint density at radius 1 is 1.17 bits per heavy atom. The van der Waals surface area contributed by atoms with Gasteiger partial charge in [0.2, 0.25) is 5.91 Å². The molecule has 0 radical (unpaired) electrons. The fourth-order valence-corrected chi connectivity index (χ4v) is 3.88. The van der Waals surface area contributed by atoms with Crippen molar-refractivity contribution in [3.63, 3.8) is 0 Å². The van der Waals surface area contributed by atoms with Crippen LogP contribution in [0.15, 0.2) is 36.7 Å². The van der Waals surface area contributed by atoms with Crippen molar-refractivity contribution in [2.75, 3.05) is 25.0 Å². The molecule has 0 spiro atoms. The molecule has 3 heterocycles. The summed E-state index contributed by atoms with van der Waals surface area (Å²) in [6, 6.07) is 7.92. The quantitative estimate of drug-likeness (QED) is 0.695. The van der Waals surface area contributed by atoms with Crippen molar-refractivity contribution >= 4 is 22.6 Å². The number of aromatic nitrogens is 4. The molecule has 1 saturated heterocycles. The van der Waals surface area contributed by atoms with E-state index in [9.17, 15) is 4.79 Å². The Hall–Kier alpha value is -2.80. The minimum absolute atomic E-state index is 0.0482. The van der Waals surface area contributed by atoms with E-state index >= 15 is 0 Å². The summed E-state index contributed by atoms with van der Waals surface area (Å²) in [5.41, 5.74) is 2.92. The summed E-state index contributed by atoms with van der Waals surface area (Å²) >= 11 is 0. The van der Waals surface area contributed by atoms with Gasteiger partial charge in [0.25, 0.3) is 0 Å². The molecule has 0 bridgehead atoms. The molecular formula is C22H28N6O. The van der Waals surface area contributed by atoms with Crippen molar-refractivity contribution in [3.8, 4) is 11.1 Å². The largest absolute Gasteiger partial charge is 0.309 e. The van der Waals surface area contributed by atoms with E-state index in [1.165, 1.54) is 12.8 Å². The lowest BCUT2D eigenvalue weighted by Crippen LogP contribution is -2.38. The zero-order chi connectivity index (χ0) is 20.2. The number of carbonyl (C=O) groups excluding carboxylic acids is 1. The molecule has 1 N–H and O–H groups in total. The van der Waals surface area contributed by atoms with E-state index in [-0.39, 0.29) is 11.8 Å². The number of aryl methyl sites for hydroxylation is 1. The van der Waals surface area contributed by atoms with Gasteiger partial charge in [-0.1, -0.05) is 19.4 Å². The van der Waals surface area contributed by atoms with Gasteiger partial charge < -0.3 is 10.2 Å². The highest BCUT2D eigenvalue weighted by Crippen LogP contribution is 2.25. The third-order valence-corrected chi connectivity index (χ3v) is 5.66. The number of nitrogens with one attached hydrogen (secondary N) is 1. The van der Waals surface area contributed by atoms with Crippen molar-refractivity contribution in [3.05, 3.63) is 36.7 Å². The van der Waals surface area contributed by atoms with Crippen molar-refractivity contribution in [1.29, 1.82) is 0 Å². The third-order valence-electron chi connectivity index (χ3n) is 5.66. The van der Waals surface area contributed by atoms with Gasteiger partial charge >= 0.3 is 0 Å². The van der Waals surface area contributed by atoms with E-state index in [0.29, 0.717) is 5.82 Å². The standard InChI is InChI=1S/C22H28N6O/c1-3-4-9-28-10-7-16(8-11-28)22(29)24-21-13-18-12-17(5-6-20(18)25-26-21)19-14-23-27(2)15-19/h5-6,12-16H,3-4,7-11H2,1-2H3,(H,24,26,29). The molecule has 0 atom stereocenters. The zero-order valence-electron chi connectivity index (χ0n) is 17.1. The smallest absolute Gasteiger partial charge is 0.228 e. The number of hydrogen-bond donors (Lipinski definition) is 1.